The fourth-order valence-corrected chi connectivity index (χ4v) is 2.49. The quantitative estimate of drug-likeness (QED) is 0.773. The number of aromatic nitrogens is 4. The lowest BCUT2D eigenvalue weighted by Gasteiger charge is -2.08. The lowest BCUT2D eigenvalue weighted by Crippen LogP contribution is -2.01. The van der Waals surface area contributed by atoms with Crippen molar-refractivity contribution < 1.29 is 0 Å². The van der Waals surface area contributed by atoms with Crippen molar-refractivity contribution in [2.75, 3.05) is 5.32 Å². The molecule has 2 heterocycles. The van der Waals surface area contributed by atoms with Crippen LogP contribution in [-0.2, 0) is 6.54 Å². The van der Waals surface area contributed by atoms with Gasteiger partial charge in [0.05, 0.1) is 28.6 Å². The zero-order valence-electron chi connectivity index (χ0n) is 9.57. The molecule has 2 aromatic heterocycles. The fraction of sp³-hybridized carbons (Fsp3) is 0.182. The molecule has 3 rings (SSSR count). The Morgan fingerprint density at radius 1 is 1.39 bits per heavy atom. The fourth-order valence-electron chi connectivity index (χ4n) is 1.73. The number of benzene rings is 1. The number of hydrogen-bond acceptors (Lipinski definition) is 5. The topological polar surface area (TPSA) is 66.5 Å². The molecule has 0 amide bonds. The number of rotatable bonds is 3. The smallest absolute Gasteiger partial charge is 0.129 e. The van der Waals surface area contributed by atoms with E-state index in [0.29, 0.717) is 11.6 Å². The normalized spacial score (nSPS) is 11.0. The van der Waals surface area contributed by atoms with Crippen LogP contribution in [-0.4, -0.2) is 18.9 Å². The Morgan fingerprint density at radius 2 is 2.28 bits per heavy atom. The molecule has 18 heavy (non-hydrogen) atoms. The van der Waals surface area contributed by atoms with E-state index in [9.17, 15) is 0 Å². The number of H-pyrrole nitrogens is 1. The number of fused-ring (bicyclic) bond motifs is 1. The Labute approximate surface area is 113 Å². The van der Waals surface area contributed by atoms with Crippen molar-refractivity contribution >= 4 is 40.0 Å². The molecule has 0 saturated carbocycles. The summed E-state index contributed by atoms with van der Waals surface area (Å²) in [4.78, 5) is 0. The van der Waals surface area contributed by atoms with Crippen molar-refractivity contribution in [3.8, 4) is 0 Å². The molecule has 2 N–H and O–H groups in total. The van der Waals surface area contributed by atoms with E-state index in [1.165, 1.54) is 11.7 Å². The third-order valence-corrected chi connectivity index (χ3v) is 3.62. The maximum absolute atomic E-state index is 6.19. The van der Waals surface area contributed by atoms with Gasteiger partial charge in [-0.05, 0) is 19.1 Å². The molecule has 0 fully saturated rings. The predicted octanol–water partition coefficient (Wildman–Crippen LogP) is 2.99. The van der Waals surface area contributed by atoms with Crippen molar-refractivity contribution in [1.29, 1.82) is 0 Å². The molecule has 0 bridgehead atoms. The highest BCUT2D eigenvalue weighted by Crippen LogP contribution is 2.30. The maximum atomic E-state index is 6.19. The van der Waals surface area contributed by atoms with Crippen LogP contribution in [0.15, 0.2) is 18.3 Å². The first-order valence-corrected chi connectivity index (χ1v) is 6.50. The molecule has 0 saturated heterocycles. The largest absolute Gasteiger partial charge is 0.378 e. The van der Waals surface area contributed by atoms with Gasteiger partial charge in [-0.1, -0.05) is 11.6 Å². The van der Waals surface area contributed by atoms with Gasteiger partial charge in [0, 0.05) is 17.8 Å². The summed E-state index contributed by atoms with van der Waals surface area (Å²) in [7, 11) is 0. The van der Waals surface area contributed by atoms with Gasteiger partial charge in [-0.2, -0.15) is 13.8 Å². The van der Waals surface area contributed by atoms with Crippen LogP contribution in [0.3, 0.4) is 0 Å². The van der Waals surface area contributed by atoms with Crippen molar-refractivity contribution in [2.45, 2.75) is 13.5 Å². The van der Waals surface area contributed by atoms with Gasteiger partial charge in [-0.15, -0.1) is 0 Å². The predicted molar refractivity (Wildman–Crippen MR) is 73.1 cm³/mol. The van der Waals surface area contributed by atoms with Crippen LogP contribution < -0.4 is 5.32 Å². The van der Waals surface area contributed by atoms with Gasteiger partial charge >= 0.3 is 0 Å². The van der Waals surface area contributed by atoms with Crippen LogP contribution in [0.25, 0.3) is 11.0 Å². The molecule has 0 atom stereocenters. The molecule has 0 aliphatic carbocycles. The first-order chi connectivity index (χ1) is 8.75. The Balaban J connectivity index is 1.92. The monoisotopic (exact) mass is 279 g/mol. The Morgan fingerprint density at radius 3 is 3.06 bits per heavy atom. The number of nitrogens with one attached hydrogen (secondary N) is 2. The first kappa shape index (κ1) is 11.4. The number of anilines is 1. The summed E-state index contributed by atoms with van der Waals surface area (Å²) in [6, 6.07) is 3.70. The highest BCUT2D eigenvalue weighted by molar-refractivity contribution is 7.00. The van der Waals surface area contributed by atoms with Gasteiger partial charge in [0.2, 0.25) is 0 Å². The molecular formula is C11H10ClN5S. The van der Waals surface area contributed by atoms with Gasteiger partial charge in [-0.3, -0.25) is 5.10 Å². The van der Waals surface area contributed by atoms with E-state index in [1.54, 1.807) is 6.20 Å². The standard InChI is InChI=1S/C11H10ClN5S/c1-6-7(5-14-15-6)4-13-10-8(12)2-3-9-11(10)17-18-16-9/h2-3,5,13H,4H2,1H3,(H,14,15). The molecule has 1 aromatic carbocycles. The molecular weight excluding hydrogens is 270 g/mol. The third-order valence-electron chi connectivity index (χ3n) is 2.77. The molecule has 0 radical (unpaired) electrons. The lowest BCUT2D eigenvalue weighted by molar-refractivity contribution is 1.04. The average molecular weight is 280 g/mol. The van der Waals surface area contributed by atoms with Crippen molar-refractivity contribution in [3.05, 3.63) is 34.6 Å². The summed E-state index contributed by atoms with van der Waals surface area (Å²) < 4.78 is 8.46. The summed E-state index contributed by atoms with van der Waals surface area (Å²) in [6.45, 7) is 2.63. The lowest BCUT2D eigenvalue weighted by atomic mass is 10.2. The van der Waals surface area contributed by atoms with E-state index in [2.05, 4.69) is 24.3 Å². The van der Waals surface area contributed by atoms with Gasteiger partial charge < -0.3 is 5.32 Å². The molecule has 3 aromatic rings. The minimum Gasteiger partial charge on any atom is -0.378 e. The Bertz CT molecular complexity index is 690. The maximum Gasteiger partial charge on any atom is 0.129 e. The van der Waals surface area contributed by atoms with Gasteiger partial charge in [0.25, 0.3) is 0 Å². The van der Waals surface area contributed by atoms with Crippen molar-refractivity contribution in [3.63, 3.8) is 0 Å². The zero-order chi connectivity index (χ0) is 12.5. The number of hydrogen-bond donors (Lipinski definition) is 2. The average Bonchev–Trinajstić information content (AvgIpc) is 2.97. The van der Waals surface area contributed by atoms with Crippen molar-refractivity contribution in [2.24, 2.45) is 0 Å². The van der Waals surface area contributed by atoms with E-state index in [-0.39, 0.29) is 0 Å². The highest BCUT2D eigenvalue weighted by Gasteiger charge is 2.10. The Hall–Kier alpha value is -1.66. The van der Waals surface area contributed by atoms with E-state index >= 15 is 0 Å². The van der Waals surface area contributed by atoms with Gasteiger partial charge in [0.15, 0.2) is 0 Å². The highest BCUT2D eigenvalue weighted by atomic mass is 35.5. The number of aromatic amines is 1. The summed E-state index contributed by atoms with van der Waals surface area (Å²) in [5.74, 6) is 0. The van der Waals surface area contributed by atoms with Crippen LogP contribution in [0.5, 0.6) is 0 Å². The van der Waals surface area contributed by atoms with Crippen molar-refractivity contribution in [1.82, 2.24) is 18.9 Å². The zero-order valence-corrected chi connectivity index (χ0v) is 11.1. The molecule has 7 heteroatoms. The number of nitrogens with zero attached hydrogens (tertiary/aromatic N) is 3. The number of aryl methyl sites for hydroxylation is 1. The SMILES string of the molecule is Cc1[nH]ncc1CNc1c(Cl)ccc2nsnc12. The van der Waals surface area contributed by atoms with Crippen LogP contribution >= 0.6 is 23.3 Å². The third kappa shape index (κ3) is 1.93. The van der Waals surface area contributed by atoms with Crippen LogP contribution in [0.2, 0.25) is 5.02 Å². The second-order valence-electron chi connectivity index (χ2n) is 3.93. The van der Waals surface area contributed by atoms with E-state index in [0.717, 1.165) is 28.0 Å². The molecule has 0 aliphatic heterocycles. The summed E-state index contributed by atoms with van der Waals surface area (Å²) >= 11 is 7.38. The second kappa shape index (κ2) is 4.55. The summed E-state index contributed by atoms with van der Waals surface area (Å²) in [5, 5.41) is 10.8. The summed E-state index contributed by atoms with van der Waals surface area (Å²) in [6.07, 6.45) is 1.80. The number of halogens is 1. The minimum atomic E-state index is 0.649. The minimum absolute atomic E-state index is 0.649. The van der Waals surface area contributed by atoms with Crippen LogP contribution in [0, 0.1) is 6.92 Å². The Kier molecular flexibility index (Phi) is 2.89. The first-order valence-electron chi connectivity index (χ1n) is 5.39. The molecule has 0 spiro atoms. The second-order valence-corrected chi connectivity index (χ2v) is 4.86. The summed E-state index contributed by atoms with van der Waals surface area (Å²) in [5.41, 5.74) is 4.64. The molecule has 0 aliphatic rings. The van der Waals surface area contributed by atoms with E-state index in [4.69, 9.17) is 11.6 Å². The van der Waals surface area contributed by atoms with Gasteiger partial charge in [0.1, 0.15) is 11.0 Å². The van der Waals surface area contributed by atoms with E-state index < -0.39 is 0 Å². The molecule has 0 unspecified atom stereocenters. The van der Waals surface area contributed by atoms with Gasteiger partial charge in [-0.25, -0.2) is 0 Å². The van der Waals surface area contributed by atoms with E-state index in [1.807, 2.05) is 19.1 Å². The van der Waals surface area contributed by atoms with Crippen LogP contribution in [0.1, 0.15) is 11.3 Å². The van der Waals surface area contributed by atoms with Crippen LogP contribution in [0.4, 0.5) is 5.69 Å². The molecule has 92 valence electrons. The molecule has 5 nitrogen and oxygen atoms in total.